The van der Waals surface area contributed by atoms with Gasteiger partial charge in [0.1, 0.15) is 17.6 Å². The van der Waals surface area contributed by atoms with Crippen LogP contribution in [0.3, 0.4) is 0 Å². The van der Waals surface area contributed by atoms with Crippen LogP contribution in [0.15, 0.2) is 50.5 Å². The molecule has 134 valence electrons. The van der Waals surface area contributed by atoms with Gasteiger partial charge in [-0.2, -0.15) is 4.31 Å². The smallest absolute Gasteiger partial charge is 0.339 e. The highest BCUT2D eigenvalue weighted by Gasteiger charge is 2.30. The third-order valence-electron chi connectivity index (χ3n) is 4.20. The number of ether oxygens (including phenoxy) is 1. The van der Waals surface area contributed by atoms with Crippen LogP contribution < -0.4 is 10.4 Å². The highest BCUT2D eigenvalue weighted by molar-refractivity contribution is 7.89. The number of sulfonamides is 1. The lowest BCUT2D eigenvalue weighted by molar-refractivity contribution is 0.134. The first-order valence-corrected chi connectivity index (χ1v) is 9.64. The summed E-state index contributed by atoms with van der Waals surface area (Å²) in [5.41, 5.74) is 0.465. The van der Waals surface area contributed by atoms with Crippen molar-refractivity contribution in [1.29, 1.82) is 0 Å². The number of piperidine rings is 1. The molecule has 1 aromatic carbocycles. The van der Waals surface area contributed by atoms with Gasteiger partial charge >= 0.3 is 5.63 Å². The van der Waals surface area contributed by atoms with Crippen LogP contribution in [0.25, 0.3) is 0 Å². The fourth-order valence-electron chi connectivity index (χ4n) is 2.95. The van der Waals surface area contributed by atoms with E-state index in [1.807, 2.05) is 13.0 Å². The van der Waals surface area contributed by atoms with Crippen molar-refractivity contribution in [3.8, 4) is 5.75 Å². The van der Waals surface area contributed by atoms with Gasteiger partial charge in [0.25, 0.3) is 0 Å². The Kier molecular flexibility index (Phi) is 4.96. The molecule has 2 aromatic rings. The van der Waals surface area contributed by atoms with Gasteiger partial charge in [-0.05, 0) is 44.4 Å². The minimum Gasteiger partial charge on any atom is -0.490 e. The van der Waals surface area contributed by atoms with E-state index in [2.05, 4.69) is 0 Å². The summed E-state index contributed by atoms with van der Waals surface area (Å²) >= 11 is 0. The largest absolute Gasteiger partial charge is 0.490 e. The fraction of sp³-hybridized carbons (Fsp3) is 0.389. The molecule has 0 N–H and O–H groups in total. The van der Waals surface area contributed by atoms with Crippen molar-refractivity contribution in [2.75, 3.05) is 13.1 Å². The van der Waals surface area contributed by atoms with Crippen LogP contribution in [-0.4, -0.2) is 31.9 Å². The second kappa shape index (κ2) is 7.01. The van der Waals surface area contributed by atoms with Crippen LogP contribution in [0.4, 0.5) is 0 Å². The molecule has 1 fully saturated rings. The third-order valence-corrected chi connectivity index (χ3v) is 6.09. The molecule has 3 rings (SSSR count). The average molecular weight is 363 g/mol. The Hall–Kier alpha value is -2.12. The molecule has 0 saturated carbocycles. The molecular weight excluding hydrogens is 342 g/mol. The molecule has 6 nitrogen and oxygen atoms in total. The average Bonchev–Trinajstić information content (AvgIpc) is 2.54. The summed E-state index contributed by atoms with van der Waals surface area (Å²) < 4.78 is 37.7. The van der Waals surface area contributed by atoms with Crippen LogP contribution >= 0.6 is 0 Å². The van der Waals surface area contributed by atoms with Gasteiger partial charge < -0.3 is 9.15 Å². The number of nitrogens with zero attached hydrogens (tertiary/aromatic N) is 1. The lowest BCUT2D eigenvalue weighted by Gasteiger charge is -2.31. The zero-order chi connectivity index (χ0) is 18.0. The maximum atomic E-state index is 12.7. The number of hydrogen-bond acceptors (Lipinski definition) is 5. The molecule has 1 aliphatic heterocycles. The first-order chi connectivity index (χ1) is 11.8. The zero-order valence-corrected chi connectivity index (χ0v) is 15.1. The first kappa shape index (κ1) is 17.7. The first-order valence-electron chi connectivity index (χ1n) is 8.20. The molecule has 1 aromatic heterocycles. The van der Waals surface area contributed by atoms with Crippen molar-refractivity contribution in [3.05, 3.63) is 58.1 Å². The van der Waals surface area contributed by atoms with Gasteiger partial charge in [-0.25, -0.2) is 13.2 Å². The summed E-state index contributed by atoms with van der Waals surface area (Å²) in [6.45, 7) is 4.34. The van der Waals surface area contributed by atoms with Gasteiger partial charge in [-0.1, -0.05) is 12.1 Å². The summed E-state index contributed by atoms with van der Waals surface area (Å²) in [6.07, 6.45) is 1.03. The van der Waals surface area contributed by atoms with Crippen LogP contribution in [0.1, 0.15) is 24.2 Å². The highest BCUT2D eigenvalue weighted by atomic mass is 32.2. The maximum absolute atomic E-state index is 12.7. The van der Waals surface area contributed by atoms with Gasteiger partial charge in [0.2, 0.25) is 10.0 Å². The Labute approximate surface area is 147 Å². The van der Waals surface area contributed by atoms with Crippen LogP contribution in [0, 0.1) is 13.8 Å². The molecule has 0 radical (unpaired) electrons. The minimum absolute atomic E-state index is 0.120. The monoisotopic (exact) mass is 363 g/mol. The minimum atomic E-state index is -3.48. The van der Waals surface area contributed by atoms with Crippen LogP contribution in [-0.2, 0) is 10.0 Å². The molecule has 0 unspecified atom stereocenters. The Morgan fingerprint density at radius 3 is 2.48 bits per heavy atom. The molecule has 0 amide bonds. The normalized spacial score (nSPS) is 16.7. The molecular formula is C18H21NO5S. The number of benzene rings is 1. The van der Waals surface area contributed by atoms with Gasteiger partial charge in [0.15, 0.2) is 0 Å². The van der Waals surface area contributed by atoms with E-state index in [-0.39, 0.29) is 6.10 Å². The standard InChI is InChI=1S/C18H21NO5S/c1-13-4-3-5-17(10-13)25(21,22)19-8-6-15(7-9-19)24-16-11-14(2)23-18(20)12-16/h3-5,10-12,15H,6-9H2,1-2H3. The second-order valence-electron chi connectivity index (χ2n) is 6.26. The summed E-state index contributed by atoms with van der Waals surface area (Å²) in [5.74, 6) is 0.954. The van der Waals surface area contributed by atoms with E-state index in [0.29, 0.717) is 42.3 Å². The van der Waals surface area contributed by atoms with Crippen molar-refractivity contribution in [3.63, 3.8) is 0 Å². The van der Waals surface area contributed by atoms with Gasteiger partial charge in [-0.15, -0.1) is 0 Å². The maximum Gasteiger partial charge on any atom is 0.339 e. The molecule has 0 atom stereocenters. The van der Waals surface area contributed by atoms with Gasteiger partial charge in [0.05, 0.1) is 11.0 Å². The lowest BCUT2D eigenvalue weighted by atomic mass is 10.1. The van der Waals surface area contributed by atoms with E-state index in [1.54, 1.807) is 31.2 Å². The summed E-state index contributed by atoms with van der Waals surface area (Å²) in [6, 6.07) is 9.90. The van der Waals surface area contributed by atoms with Crippen LogP contribution in [0.5, 0.6) is 5.75 Å². The van der Waals surface area contributed by atoms with Gasteiger partial charge in [-0.3, -0.25) is 0 Å². The van der Waals surface area contributed by atoms with Crippen molar-refractivity contribution in [2.45, 2.75) is 37.7 Å². The lowest BCUT2D eigenvalue weighted by Crippen LogP contribution is -2.41. The molecule has 0 bridgehead atoms. The van der Waals surface area contributed by atoms with E-state index >= 15 is 0 Å². The SMILES string of the molecule is Cc1cccc(S(=O)(=O)N2CCC(Oc3cc(C)oc(=O)c3)CC2)c1. The highest BCUT2D eigenvalue weighted by Crippen LogP contribution is 2.24. The molecule has 0 aliphatic carbocycles. The van der Waals surface area contributed by atoms with Crippen molar-refractivity contribution < 1.29 is 17.6 Å². The van der Waals surface area contributed by atoms with E-state index in [0.717, 1.165) is 5.56 Å². The summed E-state index contributed by atoms with van der Waals surface area (Å²) in [5, 5.41) is 0. The molecule has 25 heavy (non-hydrogen) atoms. The second-order valence-corrected chi connectivity index (χ2v) is 8.20. The number of hydrogen-bond donors (Lipinski definition) is 0. The Bertz CT molecular complexity index is 911. The molecule has 0 spiro atoms. The zero-order valence-electron chi connectivity index (χ0n) is 14.3. The van der Waals surface area contributed by atoms with Crippen LogP contribution in [0.2, 0.25) is 0 Å². The Morgan fingerprint density at radius 1 is 1.12 bits per heavy atom. The van der Waals surface area contributed by atoms with E-state index in [4.69, 9.17) is 9.15 Å². The number of aryl methyl sites for hydroxylation is 2. The summed E-state index contributed by atoms with van der Waals surface area (Å²) in [7, 11) is -3.48. The van der Waals surface area contributed by atoms with Crippen molar-refractivity contribution in [1.82, 2.24) is 4.31 Å². The number of rotatable bonds is 4. The van der Waals surface area contributed by atoms with E-state index in [1.165, 1.54) is 10.4 Å². The topological polar surface area (TPSA) is 76.8 Å². The predicted octanol–water partition coefficient (Wildman–Crippen LogP) is 2.49. The fourth-order valence-corrected chi connectivity index (χ4v) is 4.53. The van der Waals surface area contributed by atoms with E-state index < -0.39 is 15.6 Å². The predicted molar refractivity (Wildman–Crippen MR) is 93.3 cm³/mol. The Balaban J connectivity index is 1.66. The van der Waals surface area contributed by atoms with Crippen molar-refractivity contribution in [2.24, 2.45) is 0 Å². The molecule has 7 heteroatoms. The Morgan fingerprint density at radius 2 is 1.84 bits per heavy atom. The quantitative estimate of drug-likeness (QED) is 0.834. The molecule has 1 aliphatic rings. The van der Waals surface area contributed by atoms with Crippen molar-refractivity contribution >= 4 is 10.0 Å². The molecule has 1 saturated heterocycles. The van der Waals surface area contributed by atoms with Gasteiger partial charge in [0, 0.05) is 19.2 Å². The van der Waals surface area contributed by atoms with E-state index in [9.17, 15) is 13.2 Å². The third kappa shape index (κ3) is 4.11. The summed E-state index contributed by atoms with van der Waals surface area (Å²) in [4.78, 5) is 11.7. The molecule has 2 heterocycles.